The Morgan fingerprint density at radius 1 is 1.50 bits per heavy atom. The highest BCUT2D eigenvalue weighted by Crippen LogP contribution is 2.18. The van der Waals surface area contributed by atoms with Gasteiger partial charge in [0.2, 0.25) is 0 Å². The number of hydrogen-bond acceptors (Lipinski definition) is 4. The average Bonchev–Trinajstić information content (AvgIpc) is 2.62. The van der Waals surface area contributed by atoms with Gasteiger partial charge in [0.25, 0.3) is 0 Å². The molecule has 0 spiro atoms. The average molecular weight is 214 g/mol. The maximum atomic E-state index is 8.83. The summed E-state index contributed by atoms with van der Waals surface area (Å²) in [6.45, 7) is 7.15. The summed E-state index contributed by atoms with van der Waals surface area (Å²) in [7, 11) is 0. The van der Waals surface area contributed by atoms with Crippen LogP contribution in [0.3, 0.4) is 0 Å². The molecule has 1 rings (SSSR count). The van der Waals surface area contributed by atoms with E-state index in [0.29, 0.717) is 5.92 Å². The van der Waals surface area contributed by atoms with Crippen molar-refractivity contribution in [1.82, 2.24) is 10.3 Å². The van der Waals surface area contributed by atoms with Crippen LogP contribution >= 0.6 is 11.3 Å². The molecule has 1 heterocycles. The Kier molecular flexibility index (Phi) is 4.51. The van der Waals surface area contributed by atoms with Gasteiger partial charge in [0, 0.05) is 23.9 Å². The zero-order valence-electron chi connectivity index (χ0n) is 8.95. The fraction of sp³-hybridized carbons (Fsp3) is 0.700. The van der Waals surface area contributed by atoms with E-state index in [-0.39, 0.29) is 12.6 Å². The molecule has 1 aromatic rings. The van der Waals surface area contributed by atoms with Crippen molar-refractivity contribution in [1.29, 1.82) is 0 Å². The molecule has 0 fully saturated rings. The molecule has 0 unspecified atom stereocenters. The van der Waals surface area contributed by atoms with Crippen molar-refractivity contribution in [3.63, 3.8) is 0 Å². The smallest absolute Gasteiger partial charge is 0.0954 e. The van der Waals surface area contributed by atoms with Crippen LogP contribution < -0.4 is 5.32 Å². The number of rotatable bonds is 5. The Hall–Kier alpha value is -0.450. The van der Waals surface area contributed by atoms with Gasteiger partial charge in [-0.15, -0.1) is 11.3 Å². The van der Waals surface area contributed by atoms with Crippen molar-refractivity contribution in [3.05, 3.63) is 16.1 Å². The summed E-state index contributed by atoms with van der Waals surface area (Å²) in [6.07, 6.45) is 0. The third-order valence-corrected chi connectivity index (χ3v) is 3.16. The highest BCUT2D eigenvalue weighted by atomic mass is 32.1. The van der Waals surface area contributed by atoms with Crippen LogP contribution in [0.2, 0.25) is 0 Å². The largest absolute Gasteiger partial charge is 0.395 e. The fourth-order valence-corrected chi connectivity index (χ4v) is 1.85. The second-order valence-electron chi connectivity index (χ2n) is 3.80. The minimum absolute atomic E-state index is 0.138. The van der Waals surface area contributed by atoms with Gasteiger partial charge in [0.1, 0.15) is 0 Å². The standard InChI is InChI=1S/C10H18N2OS/c1-7(2)10-12-9(6-14-10)4-11-8(3)5-13/h6-8,11,13H,4-5H2,1-3H3/t8-/m1/s1. The van der Waals surface area contributed by atoms with Crippen LogP contribution in [0.25, 0.3) is 0 Å². The molecule has 0 saturated carbocycles. The topological polar surface area (TPSA) is 45.2 Å². The predicted molar refractivity (Wildman–Crippen MR) is 59.6 cm³/mol. The van der Waals surface area contributed by atoms with E-state index in [2.05, 4.69) is 29.5 Å². The third-order valence-electron chi connectivity index (χ3n) is 1.97. The molecule has 3 nitrogen and oxygen atoms in total. The van der Waals surface area contributed by atoms with E-state index in [9.17, 15) is 0 Å². The first-order valence-corrected chi connectivity index (χ1v) is 5.80. The van der Waals surface area contributed by atoms with Crippen molar-refractivity contribution in [3.8, 4) is 0 Å². The Morgan fingerprint density at radius 2 is 2.21 bits per heavy atom. The van der Waals surface area contributed by atoms with E-state index in [0.717, 1.165) is 12.2 Å². The maximum absolute atomic E-state index is 8.83. The molecule has 80 valence electrons. The van der Waals surface area contributed by atoms with E-state index in [1.54, 1.807) is 11.3 Å². The SMILES string of the molecule is CC(C)c1nc(CN[C@H](C)CO)cs1. The summed E-state index contributed by atoms with van der Waals surface area (Å²) in [5.74, 6) is 0.504. The van der Waals surface area contributed by atoms with Gasteiger partial charge >= 0.3 is 0 Å². The molecule has 0 radical (unpaired) electrons. The molecule has 1 atom stereocenters. The van der Waals surface area contributed by atoms with Gasteiger partial charge in [0.05, 0.1) is 17.3 Å². The summed E-state index contributed by atoms with van der Waals surface area (Å²) >= 11 is 1.70. The summed E-state index contributed by atoms with van der Waals surface area (Å²) in [5, 5.41) is 15.3. The fourth-order valence-electron chi connectivity index (χ4n) is 1.01. The van der Waals surface area contributed by atoms with E-state index >= 15 is 0 Å². The van der Waals surface area contributed by atoms with Gasteiger partial charge in [-0.3, -0.25) is 0 Å². The highest BCUT2D eigenvalue weighted by Gasteiger charge is 2.06. The molecule has 0 aromatic carbocycles. The molecule has 2 N–H and O–H groups in total. The molecule has 1 aromatic heterocycles. The van der Waals surface area contributed by atoms with Crippen molar-refractivity contribution in [2.75, 3.05) is 6.61 Å². The molecule has 0 amide bonds. The molecule has 0 aliphatic rings. The molecule has 0 aliphatic carbocycles. The normalized spacial score (nSPS) is 13.5. The van der Waals surface area contributed by atoms with Gasteiger partial charge in [-0.25, -0.2) is 4.98 Å². The van der Waals surface area contributed by atoms with Crippen LogP contribution in [0.15, 0.2) is 5.38 Å². The van der Waals surface area contributed by atoms with Crippen molar-refractivity contribution in [2.45, 2.75) is 39.3 Å². The summed E-state index contributed by atoms with van der Waals surface area (Å²) in [5.41, 5.74) is 1.07. The number of aliphatic hydroxyl groups excluding tert-OH is 1. The number of hydrogen-bond donors (Lipinski definition) is 2. The first-order chi connectivity index (χ1) is 6.63. The highest BCUT2D eigenvalue weighted by molar-refractivity contribution is 7.09. The molecule has 0 bridgehead atoms. The van der Waals surface area contributed by atoms with Gasteiger partial charge in [-0.05, 0) is 6.92 Å². The zero-order valence-corrected chi connectivity index (χ0v) is 9.77. The van der Waals surface area contributed by atoms with Gasteiger partial charge in [-0.2, -0.15) is 0 Å². The Labute approximate surface area is 89.2 Å². The second kappa shape index (κ2) is 5.44. The number of nitrogens with zero attached hydrogens (tertiary/aromatic N) is 1. The van der Waals surface area contributed by atoms with E-state index in [1.165, 1.54) is 5.01 Å². The minimum Gasteiger partial charge on any atom is -0.395 e. The van der Waals surface area contributed by atoms with Crippen molar-refractivity contribution in [2.24, 2.45) is 0 Å². The second-order valence-corrected chi connectivity index (χ2v) is 4.69. The lowest BCUT2D eigenvalue weighted by Gasteiger charge is -2.08. The number of aromatic nitrogens is 1. The molecule has 0 saturated heterocycles. The van der Waals surface area contributed by atoms with E-state index < -0.39 is 0 Å². The van der Waals surface area contributed by atoms with Gasteiger partial charge < -0.3 is 10.4 Å². The van der Waals surface area contributed by atoms with Crippen molar-refractivity contribution >= 4 is 11.3 Å². The van der Waals surface area contributed by atoms with Gasteiger partial charge in [-0.1, -0.05) is 13.8 Å². The summed E-state index contributed by atoms with van der Waals surface area (Å²) < 4.78 is 0. The zero-order chi connectivity index (χ0) is 10.6. The first kappa shape index (κ1) is 11.6. The van der Waals surface area contributed by atoms with E-state index in [4.69, 9.17) is 5.11 Å². The lowest BCUT2D eigenvalue weighted by atomic mass is 10.2. The maximum Gasteiger partial charge on any atom is 0.0954 e. The minimum atomic E-state index is 0.138. The number of thiazole rings is 1. The lowest BCUT2D eigenvalue weighted by Crippen LogP contribution is -2.28. The first-order valence-electron chi connectivity index (χ1n) is 4.92. The van der Waals surface area contributed by atoms with Gasteiger partial charge in [0.15, 0.2) is 0 Å². The molecule has 0 aliphatic heterocycles. The Balaban J connectivity index is 2.44. The van der Waals surface area contributed by atoms with Crippen LogP contribution in [-0.2, 0) is 6.54 Å². The molecule has 14 heavy (non-hydrogen) atoms. The molecular formula is C10H18N2OS. The van der Waals surface area contributed by atoms with Crippen LogP contribution in [-0.4, -0.2) is 22.7 Å². The lowest BCUT2D eigenvalue weighted by molar-refractivity contribution is 0.250. The summed E-state index contributed by atoms with van der Waals surface area (Å²) in [6, 6.07) is 0.138. The van der Waals surface area contributed by atoms with Crippen LogP contribution in [0, 0.1) is 0 Å². The summed E-state index contributed by atoms with van der Waals surface area (Å²) in [4.78, 5) is 4.49. The van der Waals surface area contributed by atoms with Crippen LogP contribution in [0.1, 0.15) is 37.4 Å². The molecular weight excluding hydrogens is 196 g/mol. The Morgan fingerprint density at radius 3 is 2.71 bits per heavy atom. The predicted octanol–water partition coefficient (Wildman–Crippen LogP) is 1.74. The molecule has 4 heteroatoms. The van der Waals surface area contributed by atoms with Crippen LogP contribution in [0.4, 0.5) is 0 Å². The number of aliphatic hydroxyl groups is 1. The van der Waals surface area contributed by atoms with Crippen LogP contribution in [0.5, 0.6) is 0 Å². The number of nitrogens with one attached hydrogen (secondary N) is 1. The van der Waals surface area contributed by atoms with E-state index in [1.807, 2.05) is 6.92 Å². The third kappa shape index (κ3) is 3.36. The Bertz CT molecular complexity index is 273. The quantitative estimate of drug-likeness (QED) is 0.784. The monoisotopic (exact) mass is 214 g/mol. The van der Waals surface area contributed by atoms with Crippen molar-refractivity contribution < 1.29 is 5.11 Å².